The number of Topliss-reactive ketones (excluding diaryl/α,β-unsaturated/α-hetero) is 2. The van der Waals surface area contributed by atoms with E-state index in [9.17, 15) is 49.5 Å². The van der Waals surface area contributed by atoms with Crippen LogP contribution >= 0.6 is 0 Å². The second-order valence-electron chi connectivity index (χ2n) is 24.1. The Kier molecular flexibility index (Phi) is 15.0. The second kappa shape index (κ2) is 19.7. The van der Waals surface area contributed by atoms with Gasteiger partial charge in [-0.3, -0.25) is 14.4 Å². The van der Waals surface area contributed by atoms with E-state index < -0.39 is 100 Å². The van der Waals surface area contributed by atoms with Crippen molar-refractivity contribution in [3.8, 4) is 0 Å². The monoisotopic (exact) mass is 1020 g/mol. The smallest absolute Gasteiger partial charge is 0.343 e. The Hall–Kier alpha value is -5.35. The molecule has 13 atom stereocenters. The molecule has 4 heterocycles. The fourth-order valence-electron chi connectivity index (χ4n) is 13.7. The van der Waals surface area contributed by atoms with Gasteiger partial charge < -0.3 is 44.5 Å². The number of carbonyl (C=O) groups excluding carboxylic acids is 5. The number of hydrogen-bond donors (Lipinski definition) is 5. The van der Waals surface area contributed by atoms with Gasteiger partial charge >= 0.3 is 17.9 Å². The number of allylic oxidation sites excluding steroid dienone is 20. The number of ether oxygens (including phenoxy) is 4. The molecule has 400 valence electrons. The minimum Gasteiger partial charge on any atom is -0.459 e. The maximum absolute atomic E-state index is 13.4. The number of fused-ring (bicyclic) bond motifs is 1. The SMILES string of the molecule is CC1=C(/C=C/C(C)=C/C=C/C(C)=C/C=C/C=C(C)/C=C/C=C(C)/C=C/C2=C(C)C(=O)C(O)CC2(C)C)C(C)(C)CC(O)C1=O.C[C@@H]1C(=O)O[C@H]2[C@H](O)[C@@]34[C@@H]5C[C@@H](C(C)(C)C)[C@]36[C@@H](OC(=O)[C@@H]6O)O[C@]4(C(=O)O5)[C@@]12O. The van der Waals surface area contributed by atoms with Gasteiger partial charge in [0.05, 0.1) is 16.7 Å². The molecule has 5 N–H and O–H groups in total. The summed E-state index contributed by atoms with van der Waals surface area (Å²) in [7, 11) is 0. The fraction of sp³-hybridized carbons (Fsp3) is 0.550. The molecule has 8 rings (SSSR count). The summed E-state index contributed by atoms with van der Waals surface area (Å²) < 4.78 is 22.5. The molecule has 0 bridgehead atoms. The molecule has 74 heavy (non-hydrogen) atoms. The van der Waals surface area contributed by atoms with E-state index in [0.29, 0.717) is 24.0 Å². The Bertz CT molecular complexity index is 2630. The summed E-state index contributed by atoms with van der Waals surface area (Å²) in [5.41, 5.74) is -1.10. The van der Waals surface area contributed by atoms with Crippen molar-refractivity contribution < 1.29 is 68.5 Å². The van der Waals surface area contributed by atoms with Crippen LogP contribution in [0.5, 0.6) is 0 Å². The maximum atomic E-state index is 13.4. The Balaban J connectivity index is 0.000000230. The first-order valence-corrected chi connectivity index (χ1v) is 25.6. The molecule has 0 aromatic heterocycles. The topological polar surface area (TPSA) is 223 Å². The molecule has 4 aliphatic carbocycles. The van der Waals surface area contributed by atoms with Crippen LogP contribution in [-0.4, -0.2) is 109 Å². The van der Waals surface area contributed by atoms with Crippen LogP contribution in [0.2, 0.25) is 0 Å². The minimum atomic E-state index is -2.24. The summed E-state index contributed by atoms with van der Waals surface area (Å²) in [6, 6.07) is 0. The van der Waals surface area contributed by atoms with E-state index in [1.165, 1.54) is 6.92 Å². The van der Waals surface area contributed by atoms with E-state index in [0.717, 1.165) is 33.4 Å². The van der Waals surface area contributed by atoms with Gasteiger partial charge in [0.25, 0.3) is 0 Å². The third-order valence-corrected chi connectivity index (χ3v) is 17.3. The normalized spacial score (nSPS) is 39.0. The third kappa shape index (κ3) is 8.52. The van der Waals surface area contributed by atoms with E-state index >= 15 is 0 Å². The highest BCUT2D eigenvalue weighted by atomic mass is 16.8. The van der Waals surface area contributed by atoms with Gasteiger partial charge in [-0.25, -0.2) is 9.59 Å². The Labute approximate surface area is 435 Å². The van der Waals surface area contributed by atoms with Gasteiger partial charge in [-0.05, 0) is 112 Å². The van der Waals surface area contributed by atoms with Crippen LogP contribution < -0.4 is 0 Å². The van der Waals surface area contributed by atoms with Crippen LogP contribution in [0.1, 0.15) is 116 Å². The molecule has 0 amide bonds. The lowest BCUT2D eigenvalue weighted by Gasteiger charge is -2.47. The predicted molar refractivity (Wildman–Crippen MR) is 277 cm³/mol. The van der Waals surface area contributed by atoms with E-state index in [-0.39, 0.29) is 28.8 Å². The van der Waals surface area contributed by atoms with Gasteiger partial charge in [-0.2, -0.15) is 0 Å². The lowest BCUT2D eigenvalue weighted by Crippen LogP contribution is -2.67. The number of aliphatic hydroxyl groups is 5. The van der Waals surface area contributed by atoms with Crippen molar-refractivity contribution in [2.75, 3.05) is 0 Å². The zero-order valence-electron chi connectivity index (χ0n) is 45.3. The van der Waals surface area contributed by atoms with Crippen molar-refractivity contribution in [1.82, 2.24) is 0 Å². The summed E-state index contributed by atoms with van der Waals surface area (Å²) in [5.74, 6) is -4.67. The summed E-state index contributed by atoms with van der Waals surface area (Å²) >= 11 is 0. The van der Waals surface area contributed by atoms with Crippen molar-refractivity contribution in [3.63, 3.8) is 0 Å². The molecule has 2 spiro atoms. The summed E-state index contributed by atoms with van der Waals surface area (Å²) in [6.07, 6.45) is 20.6. The first-order valence-electron chi connectivity index (χ1n) is 25.6. The maximum Gasteiger partial charge on any atom is 0.343 e. The van der Waals surface area contributed by atoms with Crippen molar-refractivity contribution in [2.45, 2.75) is 170 Å². The van der Waals surface area contributed by atoms with Crippen molar-refractivity contribution >= 4 is 29.5 Å². The summed E-state index contributed by atoms with van der Waals surface area (Å²) in [5, 5.41) is 54.7. The minimum absolute atomic E-state index is 0.175. The first kappa shape index (κ1) is 56.4. The van der Waals surface area contributed by atoms with E-state index in [2.05, 4.69) is 65.8 Å². The number of rotatable bonds is 10. The average Bonchev–Trinajstić information content (AvgIpc) is 4.03. The molecule has 0 aromatic rings. The summed E-state index contributed by atoms with van der Waals surface area (Å²) in [4.78, 5) is 62.7. The largest absolute Gasteiger partial charge is 0.459 e. The highest BCUT2D eigenvalue weighted by Gasteiger charge is 3.03. The molecule has 2 unspecified atom stereocenters. The average molecular weight is 1020 g/mol. The summed E-state index contributed by atoms with van der Waals surface area (Å²) in [6.45, 7) is 27.2. The molecule has 14 heteroatoms. The van der Waals surface area contributed by atoms with E-state index in [4.69, 9.17) is 18.9 Å². The molecule has 14 nitrogen and oxygen atoms in total. The number of hydrogen-bond acceptors (Lipinski definition) is 14. The van der Waals surface area contributed by atoms with Gasteiger partial charge in [0.15, 0.2) is 29.4 Å². The molecular weight excluding hydrogens is 945 g/mol. The number of ketones is 2. The molecule has 8 aliphatic rings. The zero-order valence-corrected chi connectivity index (χ0v) is 45.3. The Morgan fingerprint density at radius 3 is 1.54 bits per heavy atom. The van der Waals surface area contributed by atoms with Crippen LogP contribution in [0, 0.1) is 38.9 Å². The molecule has 4 saturated heterocycles. The van der Waals surface area contributed by atoms with Crippen molar-refractivity contribution in [1.29, 1.82) is 0 Å². The van der Waals surface area contributed by atoms with Gasteiger partial charge in [-0.15, -0.1) is 0 Å². The lowest BCUT2D eigenvalue weighted by molar-refractivity contribution is -0.239. The Morgan fingerprint density at radius 1 is 0.635 bits per heavy atom. The highest BCUT2D eigenvalue weighted by Crippen LogP contribution is 2.84. The molecule has 6 fully saturated rings. The van der Waals surface area contributed by atoms with Crippen LogP contribution in [0.4, 0.5) is 0 Å². The molecule has 0 aromatic carbocycles. The van der Waals surface area contributed by atoms with Crippen LogP contribution in [0.3, 0.4) is 0 Å². The lowest BCUT2D eigenvalue weighted by atomic mass is 9.51. The van der Waals surface area contributed by atoms with Gasteiger partial charge in [-0.1, -0.05) is 156 Å². The van der Waals surface area contributed by atoms with Crippen LogP contribution in [-0.2, 0) is 42.9 Å². The van der Waals surface area contributed by atoms with Gasteiger partial charge in [0.2, 0.25) is 11.9 Å². The fourth-order valence-corrected chi connectivity index (χ4v) is 13.7. The zero-order chi connectivity index (χ0) is 55.1. The quantitative estimate of drug-likeness (QED) is 0.0811. The van der Waals surface area contributed by atoms with Crippen molar-refractivity contribution in [3.05, 3.63) is 130 Å². The van der Waals surface area contributed by atoms with Gasteiger partial charge in [0.1, 0.15) is 24.4 Å². The molecule has 2 saturated carbocycles. The number of esters is 3. The standard InChI is InChI=1S/C40H52O4.C20H24O10/c1-27(17-13-19-29(3)21-23-33-31(5)37(43)35(41)25-39(33,7)8)15-11-12-16-28(2)18-14-20-30(4)22-24-34-32(6)38(44)36(42)26-40(34,9)10;1-6-12(23)28-11-9(21)18-8-5-7(16(2,3)4)17(18)10(22)13(24)29-15(17)30-20(18,14(25)27-8)19(6,11)26/h11-24,35-36,41-42H,25-26H2,1-10H3;6-11,15,21-22,26H,5H2,1-4H3/b12-11+,17-13+,18-14+,23-21+,24-22+,27-15+,28-16+,29-19+,30-20+;/t;6-,7+,8+,9+,10+,11+,15+,17+,18+,19-,20+/m.1/s1. The predicted octanol–water partition coefficient (Wildman–Crippen LogP) is 7.54. The first-order chi connectivity index (χ1) is 34.3. The highest BCUT2D eigenvalue weighted by molar-refractivity contribution is 6.01. The van der Waals surface area contributed by atoms with Crippen LogP contribution in [0.15, 0.2) is 130 Å². The van der Waals surface area contributed by atoms with E-state index in [1.54, 1.807) is 13.8 Å². The van der Waals surface area contributed by atoms with Gasteiger partial charge in [0, 0.05) is 0 Å². The molecule has 0 radical (unpaired) electrons. The third-order valence-electron chi connectivity index (χ3n) is 17.3. The molecular formula is C60H76O14. The Morgan fingerprint density at radius 2 is 1.08 bits per heavy atom. The number of aliphatic hydroxyl groups excluding tert-OH is 4. The van der Waals surface area contributed by atoms with Crippen molar-refractivity contribution in [2.24, 2.45) is 38.9 Å². The second-order valence-corrected chi connectivity index (χ2v) is 24.1. The van der Waals surface area contributed by atoms with Crippen LogP contribution in [0.25, 0.3) is 0 Å². The number of carbonyl (C=O) groups is 5. The molecule has 4 aliphatic heterocycles. The van der Waals surface area contributed by atoms with E-state index in [1.807, 2.05) is 95.4 Å².